The van der Waals surface area contributed by atoms with Gasteiger partial charge in [-0.1, -0.05) is 6.08 Å². The van der Waals surface area contributed by atoms with Crippen LogP contribution in [0, 0.1) is 0 Å². The Kier molecular flexibility index (Phi) is 3.76. The highest BCUT2D eigenvalue weighted by Crippen LogP contribution is 2.38. The van der Waals surface area contributed by atoms with Gasteiger partial charge in [-0.2, -0.15) is 0 Å². The molecule has 2 aromatic heterocycles. The topological polar surface area (TPSA) is 108 Å². The molecular weight excluding hydrogens is 313 g/mol. The molecule has 2 aromatic rings. The lowest BCUT2D eigenvalue weighted by atomic mass is 10.4. The van der Waals surface area contributed by atoms with Gasteiger partial charge in [-0.3, -0.25) is 4.57 Å². The van der Waals surface area contributed by atoms with E-state index in [-0.39, 0.29) is 18.9 Å². The minimum atomic E-state index is -2.68. The number of anilines is 1. The molecule has 0 radical (unpaired) electrons. The fourth-order valence-corrected chi connectivity index (χ4v) is 2.62. The average molecular weight is 327 g/mol. The van der Waals surface area contributed by atoms with E-state index in [1.807, 2.05) is 12.2 Å². The van der Waals surface area contributed by atoms with Crippen molar-refractivity contribution in [2.24, 2.45) is 0 Å². The molecule has 8 nitrogen and oxygen atoms in total. The first-order valence-electron chi connectivity index (χ1n) is 6.15. The fourth-order valence-electron chi connectivity index (χ4n) is 2.01. The third kappa shape index (κ3) is 3.12. The van der Waals surface area contributed by atoms with Crippen LogP contribution in [0.5, 0.6) is 0 Å². The average Bonchev–Trinajstić information content (AvgIpc) is 3.02. The van der Waals surface area contributed by atoms with Crippen LogP contribution in [0.2, 0.25) is 0 Å². The third-order valence-electron chi connectivity index (χ3n) is 2.94. The molecule has 21 heavy (non-hydrogen) atoms. The smallest absolute Gasteiger partial charge is 0.183 e. The Bertz CT molecular complexity index is 743. The van der Waals surface area contributed by atoms with Crippen molar-refractivity contribution in [1.82, 2.24) is 19.5 Å². The van der Waals surface area contributed by atoms with Crippen LogP contribution in [0.25, 0.3) is 11.2 Å². The Morgan fingerprint density at radius 3 is 3.05 bits per heavy atom. The Morgan fingerprint density at radius 1 is 1.48 bits per heavy atom. The van der Waals surface area contributed by atoms with Crippen molar-refractivity contribution in [3.05, 3.63) is 24.8 Å². The largest absolute Gasteiger partial charge is 0.382 e. The molecule has 112 valence electrons. The zero-order valence-corrected chi connectivity index (χ0v) is 12.9. The molecule has 10 heteroatoms. The van der Waals surface area contributed by atoms with Crippen molar-refractivity contribution in [1.29, 1.82) is 0 Å². The summed E-state index contributed by atoms with van der Waals surface area (Å²) >= 11 is 4.82. The van der Waals surface area contributed by atoms with Crippen LogP contribution < -0.4 is 5.73 Å². The van der Waals surface area contributed by atoms with E-state index in [9.17, 15) is 4.89 Å². The molecule has 0 fully saturated rings. The van der Waals surface area contributed by atoms with Crippen LogP contribution in [-0.2, 0) is 21.1 Å². The van der Waals surface area contributed by atoms with Crippen LogP contribution in [0.3, 0.4) is 0 Å². The standard InChI is InChI=1S/C11H14N5O3PS/c1-20(17,21)18-4-7-2-3-8(19-7)16-6-15-9-10(12)13-5-14-11(9)16/h2-3,5-8H,4H2,1H3,(H,17,21)(H2,12,13,14). The summed E-state index contributed by atoms with van der Waals surface area (Å²) in [6.07, 6.45) is 6.07. The predicted octanol–water partition coefficient (Wildman–Crippen LogP) is 0.810. The van der Waals surface area contributed by atoms with Gasteiger partial charge in [-0.05, 0) is 17.9 Å². The Morgan fingerprint density at radius 2 is 2.29 bits per heavy atom. The zero-order chi connectivity index (χ0) is 15.0. The highest BCUT2D eigenvalue weighted by Gasteiger charge is 2.24. The van der Waals surface area contributed by atoms with Gasteiger partial charge in [0, 0.05) is 6.66 Å². The maximum Gasteiger partial charge on any atom is 0.183 e. The Balaban J connectivity index is 1.75. The third-order valence-corrected chi connectivity index (χ3v) is 3.89. The summed E-state index contributed by atoms with van der Waals surface area (Å²) in [6.45, 7) is -0.970. The Labute approximate surface area is 125 Å². The molecule has 0 aliphatic carbocycles. The zero-order valence-electron chi connectivity index (χ0n) is 11.2. The molecule has 0 amide bonds. The van der Waals surface area contributed by atoms with Gasteiger partial charge in [0.15, 0.2) is 24.2 Å². The summed E-state index contributed by atoms with van der Waals surface area (Å²) in [5, 5.41) is 0. The molecule has 3 heterocycles. The number of nitrogen functional groups attached to an aromatic ring is 1. The van der Waals surface area contributed by atoms with E-state index in [4.69, 9.17) is 26.8 Å². The van der Waals surface area contributed by atoms with Crippen LogP contribution in [0.4, 0.5) is 5.82 Å². The highest BCUT2D eigenvalue weighted by molar-refractivity contribution is 8.09. The molecule has 1 aliphatic rings. The normalized spacial score (nSPS) is 24.5. The molecule has 3 atom stereocenters. The number of ether oxygens (including phenoxy) is 1. The van der Waals surface area contributed by atoms with E-state index >= 15 is 0 Å². The Hall–Kier alpha value is -1.38. The van der Waals surface area contributed by atoms with Crippen LogP contribution >= 0.6 is 6.49 Å². The minimum Gasteiger partial charge on any atom is -0.382 e. The van der Waals surface area contributed by atoms with Crippen molar-refractivity contribution < 1.29 is 14.2 Å². The number of rotatable bonds is 4. The summed E-state index contributed by atoms with van der Waals surface area (Å²) in [4.78, 5) is 21.7. The first-order chi connectivity index (χ1) is 9.94. The first-order valence-corrected chi connectivity index (χ1v) is 9.27. The van der Waals surface area contributed by atoms with Crippen molar-refractivity contribution in [2.45, 2.75) is 12.3 Å². The van der Waals surface area contributed by atoms with Crippen molar-refractivity contribution in [3.8, 4) is 0 Å². The van der Waals surface area contributed by atoms with Gasteiger partial charge in [0.05, 0.1) is 12.9 Å². The maximum atomic E-state index is 9.48. The van der Waals surface area contributed by atoms with Gasteiger partial charge in [0.25, 0.3) is 0 Å². The van der Waals surface area contributed by atoms with E-state index in [2.05, 4.69) is 15.0 Å². The molecule has 3 unspecified atom stereocenters. The van der Waals surface area contributed by atoms with Crippen LogP contribution in [-0.4, -0.2) is 43.8 Å². The van der Waals surface area contributed by atoms with Gasteiger partial charge < -0.3 is 19.9 Å². The van der Waals surface area contributed by atoms with E-state index in [0.29, 0.717) is 17.0 Å². The lowest BCUT2D eigenvalue weighted by Crippen LogP contribution is -2.16. The number of hydrogen-bond donors (Lipinski definition) is 2. The number of aromatic nitrogens is 4. The molecule has 0 spiro atoms. The lowest BCUT2D eigenvalue weighted by Gasteiger charge is -2.17. The molecular formula is C11H14N5O3PS. The first kappa shape index (κ1) is 14.6. The van der Waals surface area contributed by atoms with Crippen molar-refractivity contribution >= 4 is 35.3 Å². The van der Waals surface area contributed by atoms with Crippen LogP contribution in [0.1, 0.15) is 6.23 Å². The number of hydrogen-bond acceptors (Lipinski definition) is 7. The summed E-state index contributed by atoms with van der Waals surface area (Å²) in [7, 11) is 0. The summed E-state index contributed by atoms with van der Waals surface area (Å²) in [6, 6.07) is 0. The van der Waals surface area contributed by atoms with E-state index < -0.39 is 6.49 Å². The lowest BCUT2D eigenvalue weighted by molar-refractivity contribution is -0.000976. The van der Waals surface area contributed by atoms with Gasteiger partial charge in [0.1, 0.15) is 17.9 Å². The number of imidazole rings is 1. The summed E-state index contributed by atoms with van der Waals surface area (Å²) in [5.41, 5.74) is 6.88. The summed E-state index contributed by atoms with van der Waals surface area (Å²) in [5.74, 6) is 0.326. The maximum absolute atomic E-state index is 9.48. The molecule has 0 bridgehead atoms. The molecule has 0 aromatic carbocycles. The second-order valence-corrected chi connectivity index (χ2v) is 8.53. The number of nitrogens with zero attached hydrogens (tertiary/aromatic N) is 4. The second-order valence-electron chi connectivity index (χ2n) is 4.63. The van der Waals surface area contributed by atoms with E-state index in [0.717, 1.165) is 0 Å². The molecule has 3 rings (SSSR count). The second kappa shape index (κ2) is 5.43. The van der Waals surface area contributed by atoms with Crippen molar-refractivity contribution in [3.63, 3.8) is 0 Å². The molecule has 0 saturated heterocycles. The predicted molar refractivity (Wildman–Crippen MR) is 81.2 cm³/mol. The summed E-state index contributed by atoms with van der Waals surface area (Å²) < 4.78 is 12.8. The molecule has 0 saturated carbocycles. The number of nitrogens with two attached hydrogens (primary N) is 1. The monoisotopic (exact) mass is 327 g/mol. The molecule has 1 aliphatic heterocycles. The van der Waals surface area contributed by atoms with E-state index in [1.165, 1.54) is 13.0 Å². The van der Waals surface area contributed by atoms with Gasteiger partial charge in [0.2, 0.25) is 0 Å². The minimum absolute atomic E-state index is 0.209. The number of fused-ring (bicyclic) bond motifs is 1. The van der Waals surface area contributed by atoms with Gasteiger partial charge in [-0.15, -0.1) is 0 Å². The quantitative estimate of drug-likeness (QED) is 0.627. The van der Waals surface area contributed by atoms with Crippen LogP contribution in [0.15, 0.2) is 24.8 Å². The fraction of sp³-hybridized carbons (Fsp3) is 0.364. The van der Waals surface area contributed by atoms with Gasteiger partial charge in [-0.25, -0.2) is 15.0 Å². The highest BCUT2D eigenvalue weighted by atomic mass is 32.5. The van der Waals surface area contributed by atoms with Crippen molar-refractivity contribution in [2.75, 3.05) is 19.0 Å². The molecule has 3 N–H and O–H groups in total. The SMILES string of the molecule is CP(O)(=S)OCC1C=CC(n2cnc3c(N)ncnc32)O1. The van der Waals surface area contributed by atoms with E-state index in [1.54, 1.807) is 10.9 Å². The van der Waals surface area contributed by atoms with Gasteiger partial charge >= 0.3 is 0 Å².